The van der Waals surface area contributed by atoms with Crippen molar-refractivity contribution in [3.05, 3.63) is 23.9 Å². The van der Waals surface area contributed by atoms with E-state index in [2.05, 4.69) is 114 Å². The fourth-order valence-corrected chi connectivity index (χ4v) is 4.14. The standard InChI is InChI=1S/C19H39IOSi2/c1-16(15-20)11-12-17(2)18(13-14-22(6,7)8)21-23(9,10)19(3,4)5/h11-14,16-18H,15H2,1-10H3/b12-11?,14-13+/t16-,17-,18-/m1/s1. The molecule has 0 amide bonds. The molecule has 3 atom stereocenters. The van der Waals surface area contributed by atoms with Gasteiger partial charge in [0.15, 0.2) is 8.32 Å². The molecule has 0 heterocycles. The van der Waals surface area contributed by atoms with Crippen LogP contribution in [0.3, 0.4) is 0 Å². The van der Waals surface area contributed by atoms with Crippen molar-refractivity contribution < 1.29 is 4.43 Å². The highest BCUT2D eigenvalue weighted by Crippen LogP contribution is 2.38. The Kier molecular flexibility index (Phi) is 9.59. The zero-order valence-corrected chi connectivity index (χ0v) is 21.2. The van der Waals surface area contributed by atoms with Crippen molar-refractivity contribution in [2.75, 3.05) is 4.43 Å². The third kappa shape index (κ3) is 9.61. The smallest absolute Gasteiger partial charge is 0.192 e. The van der Waals surface area contributed by atoms with E-state index in [0.29, 0.717) is 11.8 Å². The van der Waals surface area contributed by atoms with Gasteiger partial charge in [0.2, 0.25) is 0 Å². The van der Waals surface area contributed by atoms with Gasteiger partial charge >= 0.3 is 0 Å². The predicted octanol–water partition coefficient (Wildman–Crippen LogP) is 7.07. The Morgan fingerprint density at radius 1 is 0.957 bits per heavy atom. The molecule has 23 heavy (non-hydrogen) atoms. The normalized spacial score (nSPS) is 18.6. The topological polar surface area (TPSA) is 9.23 Å². The van der Waals surface area contributed by atoms with E-state index in [1.54, 1.807) is 0 Å². The van der Waals surface area contributed by atoms with Gasteiger partial charge in [0, 0.05) is 10.3 Å². The minimum Gasteiger partial charge on any atom is -0.410 e. The Labute approximate surface area is 161 Å². The molecule has 0 saturated carbocycles. The third-order valence-corrected chi connectivity index (χ3v) is 11.6. The Bertz CT molecular complexity index is 403. The highest BCUT2D eigenvalue weighted by Gasteiger charge is 2.39. The van der Waals surface area contributed by atoms with Gasteiger partial charge < -0.3 is 4.43 Å². The SMILES string of the molecule is C[C@H](C=C[C@@H](C)[C@@H](/C=C/[Si](C)(C)C)O[Si](C)(C)C(C)(C)C)CI. The summed E-state index contributed by atoms with van der Waals surface area (Å²) in [6, 6.07) is 0. The molecule has 0 saturated heterocycles. The number of hydrogen-bond acceptors (Lipinski definition) is 1. The monoisotopic (exact) mass is 466 g/mol. The van der Waals surface area contributed by atoms with Crippen molar-refractivity contribution in [1.82, 2.24) is 0 Å². The first-order valence-electron chi connectivity index (χ1n) is 8.81. The van der Waals surface area contributed by atoms with E-state index < -0.39 is 16.4 Å². The molecule has 0 bridgehead atoms. The largest absolute Gasteiger partial charge is 0.410 e. The number of hydrogen-bond donors (Lipinski definition) is 0. The van der Waals surface area contributed by atoms with Crippen LogP contribution in [-0.4, -0.2) is 26.9 Å². The molecule has 0 N–H and O–H groups in total. The molecule has 0 aliphatic heterocycles. The van der Waals surface area contributed by atoms with Gasteiger partial charge in [-0.1, -0.05) is 101 Å². The zero-order chi connectivity index (χ0) is 18.5. The quantitative estimate of drug-likeness (QED) is 0.161. The maximum Gasteiger partial charge on any atom is 0.192 e. The number of alkyl halides is 1. The van der Waals surface area contributed by atoms with Crippen molar-refractivity contribution in [3.63, 3.8) is 0 Å². The van der Waals surface area contributed by atoms with Crippen LogP contribution in [0.1, 0.15) is 34.6 Å². The molecule has 0 aromatic heterocycles. The molecule has 0 fully saturated rings. The summed E-state index contributed by atoms with van der Waals surface area (Å²) in [5, 5.41) is 0.247. The first-order valence-corrected chi connectivity index (χ1v) is 16.8. The van der Waals surface area contributed by atoms with E-state index in [9.17, 15) is 0 Å². The van der Waals surface area contributed by atoms with Gasteiger partial charge in [-0.05, 0) is 24.1 Å². The summed E-state index contributed by atoms with van der Waals surface area (Å²) in [5.41, 5.74) is 2.44. The van der Waals surface area contributed by atoms with Gasteiger partial charge in [-0.3, -0.25) is 0 Å². The van der Waals surface area contributed by atoms with Crippen molar-refractivity contribution in [2.45, 2.75) is 78.5 Å². The van der Waals surface area contributed by atoms with Gasteiger partial charge in [0.05, 0.1) is 14.2 Å². The van der Waals surface area contributed by atoms with Crippen molar-refractivity contribution in [3.8, 4) is 0 Å². The van der Waals surface area contributed by atoms with Gasteiger partial charge in [-0.15, -0.1) is 0 Å². The van der Waals surface area contributed by atoms with E-state index in [4.69, 9.17) is 4.43 Å². The first kappa shape index (κ1) is 23.6. The minimum absolute atomic E-state index is 0.195. The summed E-state index contributed by atoms with van der Waals surface area (Å²) in [6.45, 7) is 23.4. The number of halogens is 1. The Hall–Kier alpha value is 0.604. The third-order valence-electron chi connectivity index (χ3n) is 4.53. The highest BCUT2D eigenvalue weighted by atomic mass is 127. The zero-order valence-electron chi connectivity index (χ0n) is 17.0. The summed E-state index contributed by atoms with van der Waals surface area (Å²) in [7, 11) is -2.97. The summed E-state index contributed by atoms with van der Waals surface area (Å²) in [5.74, 6) is 1.05. The molecule has 136 valence electrons. The lowest BCUT2D eigenvalue weighted by Gasteiger charge is -2.40. The molecule has 0 radical (unpaired) electrons. The fourth-order valence-electron chi connectivity index (χ4n) is 1.75. The second kappa shape index (κ2) is 9.34. The average Bonchev–Trinajstić information content (AvgIpc) is 2.37. The summed E-state index contributed by atoms with van der Waals surface area (Å²) in [6.07, 6.45) is 7.26. The van der Waals surface area contributed by atoms with Crippen molar-refractivity contribution in [2.24, 2.45) is 11.8 Å². The van der Waals surface area contributed by atoms with E-state index in [0.717, 1.165) is 0 Å². The van der Waals surface area contributed by atoms with E-state index in [1.807, 2.05) is 0 Å². The maximum absolute atomic E-state index is 6.75. The molecule has 0 spiro atoms. The lowest BCUT2D eigenvalue weighted by molar-refractivity contribution is 0.190. The molecule has 0 rings (SSSR count). The van der Waals surface area contributed by atoms with Crippen LogP contribution in [-0.2, 0) is 4.43 Å². The molecule has 0 aliphatic carbocycles. The molecule has 1 nitrogen and oxygen atoms in total. The maximum atomic E-state index is 6.75. The molecule has 0 aromatic rings. The minimum atomic E-state index is -1.76. The van der Waals surface area contributed by atoms with Crippen LogP contribution in [0.5, 0.6) is 0 Å². The second-order valence-electron chi connectivity index (χ2n) is 9.44. The van der Waals surface area contributed by atoms with Crippen LogP contribution >= 0.6 is 22.6 Å². The lowest BCUT2D eigenvalue weighted by Crippen LogP contribution is -2.45. The molecule has 0 aromatic carbocycles. The molecule has 0 unspecified atom stereocenters. The Balaban J connectivity index is 5.32. The van der Waals surface area contributed by atoms with Crippen LogP contribution in [0.4, 0.5) is 0 Å². The molecular formula is C19H39IOSi2. The second-order valence-corrected chi connectivity index (χ2v) is 20.1. The summed E-state index contributed by atoms with van der Waals surface area (Å²) >= 11 is 2.45. The molecule has 0 aliphatic rings. The Morgan fingerprint density at radius 2 is 1.48 bits per heavy atom. The first-order chi connectivity index (χ1) is 10.2. The van der Waals surface area contributed by atoms with Crippen LogP contribution in [0.2, 0.25) is 37.8 Å². The number of rotatable bonds is 8. The predicted molar refractivity (Wildman–Crippen MR) is 121 cm³/mol. The van der Waals surface area contributed by atoms with Crippen LogP contribution in [0.15, 0.2) is 23.9 Å². The lowest BCUT2D eigenvalue weighted by atomic mass is 10.0. The van der Waals surface area contributed by atoms with Crippen LogP contribution in [0, 0.1) is 11.8 Å². The molecular weight excluding hydrogens is 427 g/mol. The van der Waals surface area contributed by atoms with Gasteiger partial charge in [0.1, 0.15) is 0 Å². The van der Waals surface area contributed by atoms with E-state index in [-0.39, 0.29) is 11.1 Å². The number of allylic oxidation sites excluding steroid dienone is 1. The summed E-state index contributed by atoms with van der Waals surface area (Å²) in [4.78, 5) is 0. The van der Waals surface area contributed by atoms with Crippen molar-refractivity contribution in [1.29, 1.82) is 0 Å². The van der Waals surface area contributed by atoms with E-state index in [1.165, 1.54) is 4.43 Å². The van der Waals surface area contributed by atoms with Crippen LogP contribution < -0.4 is 0 Å². The average molecular weight is 467 g/mol. The van der Waals surface area contributed by atoms with Crippen molar-refractivity contribution >= 4 is 39.0 Å². The summed E-state index contributed by atoms with van der Waals surface area (Å²) < 4.78 is 7.91. The molecule has 4 heteroatoms. The Morgan fingerprint density at radius 3 is 1.87 bits per heavy atom. The van der Waals surface area contributed by atoms with Crippen LogP contribution in [0.25, 0.3) is 0 Å². The fraction of sp³-hybridized carbons (Fsp3) is 0.789. The van der Waals surface area contributed by atoms with Gasteiger partial charge in [-0.2, -0.15) is 0 Å². The van der Waals surface area contributed by atoms with Gasteiger partial charge in [0.25, 0.3) is 0 Å². The van der Waals surface area contributed by atoms with E-state index >= 15 is 0 Å². The highest BCUT2D eigenvalue weighted by molar-refractivity contribution is 14.1. The van der Waals surface area contributed by atoms with Gasteiger partial charge in [-0.25, -0.2) is 0 Å².